The Kier molecular flexibility index (Phi) is 4.61. The summed E-state index contributed by atoms with van der Waals surface area (Å²) in [5, 5.41) is 0.553. The number of carbonyl (C=O) groups is 1. The molecule has 0 aliphatic heterocycles. The molecule has 0 aromatic heterocycles. The van der Waals surface area contributed by atoms with Crippen LogP contribution in [0.2, 0.25) is 5.02 Å². The lowest BCUT2D eigenvalue weighted by molar-refractivity contribution is 0.0990. The molecule has 2 aromatic carbocycles. The van der Waals surface area contributed by atoms with Crippen molar-refractivity contribution in [3.05, 3.63) is 63.1 Å². The summed E-state index contributed by atoms with van der Waals surface area (Å²) in [5.74, 6) is 0.519. The molecule has 19 heavy (non-hydrogen) atoms. The van der Waals surface area contributed by atoms with Crippen molar-refractivity contribution in [1.29, 1.82) is 0 Å². The van der Waals surface area contributed by atoms with Crippen LogP contribution >= 0.6 is 27.5 Å². The summed E-state index contributed by atoms with van der Waals surface area (Å²) in [4.78, 5) is 12.3. The summed E-state index contributed by atoms with van der Waals surface area (Å²) in [6.45, 7) is 0. The average molecular weight is 340 g/mol. The Morgan fingerprint density at radius 3 is 2.53 bits per heavy atom. The van der Waals surface area contributed by atoms with Gasteiger partial charge in [-0.15, -0.1) is 0 Å². The van der Waals surface area contributed by atoms with E-state index in [-0.39, 0.29) is 5.78 Å². The molecule has 2 aromatic rings. The molecule has 0 N–H and O–H groups in total. The van der Waals surface area contributed by atoms with E-state index in [4.69, 9.17) is 16.3 Å². The maximum atomic E-state index is 12.3. The van der Waals surface area contributed by atoms with Gasteiger partial charge in [0.15, 0.2) is 5.78 Å². The first-order chi connectivity index (χ1) is 9.10. The Balaban J connectivity index is 2.22. The molecule has 0 atom stereocenters. The van der Waals surface area contributed by atoms with Gasteiger partial charge in [-0.2, -0.15) is 0 Å². The number of hydrogen-bond acceptors (Lipinski definition) is 2. The molecule has 2 rings (SSSR count). The van der Waals surface area contributed by atoms with Crippen molar-refractivity contribution in [2.24, 2.45) is 0 Å². The molecule has 0 aliphatic carbocycles. The van der Waals surface area contributed by atoms with Gasteiger partial charge in [0.25, 0.3) is 0 Å². The zero-order valence-electron chi connectivity index (χ0n) is 10.3. The second kappa shape index (κ2) is 6.22. The second-order valence-corrected chi connectivity index (χ2v) is 5.42. The van der Waals surface area contributed by atoms with Gasteiger partial charge in [-0.25, -0.2) is 0 Å². The van der Waals surface area contributed by atoms with Crippen LogP contribution in [-0.2, 0) is 6.42 Å². The van der Waals surface area contributed by atoms with Crippen LogP contribution in [0.1, 0.15) is 15.9 Å². The van der Waals surface area contributed by atoms with E-state index < -0.39 is 0 Å². The SMILES string of the molecule is COc1cc(Cl)ccc1C(=O)Cc1ccc(Br)cc1. The molecule has 0 heterocycles. The predicted octanol–water partition coefficient (Wildman–Crippen LogP) is 4.54. The van der Waals surface area contributed by atoms with Crippen molar-refractivity contribution in [3.8, 4) is 5.75 Å². The fourth-order valence-electron chi connectivity index (χ4n) is 1.78. The summed E-state index contributed by atoms with van der Waals surface area (Å²) in [7, 11) is 1.53. The van der Waals surface area contributed by atoms with Crippen LogP contribution in [0, 0.1) is 0 Å². The Morgan fingerprint density at radius 1 is 1.21 bits per heavy atom. The third-order valence-corrected chi connectivity index (χ3v) is 3.51. The van der Waals surface area contributed by atoms with E-state index in [1.54, 1.807) is 18.2 Å². The summed E-state index contributed by atoms with van der Waals surface area (Å²) in [6.07, 6.45) is 0.339. The molecule has 0 saturated heterocycles. The predicted molar refractivity (Wildman–Crippen MR) is 80.2 cm³/mol. The molecular formula is C15H12BrClO2. The number of halogens is 2. The largest absolute Gasteiger partial charge is 0.496 e. The third kappa shape index (κ3) is 3.58. The molecule has 0 aliphatic rings. The standard InChI is InChI=1S/C15H12BrClO2/c1-19-15-9-12(17)6-7-13(15)14(18)8-10-2-4-11(16)5-3-10/h2-7,9H,8H2,1H3. The Morgan fingerprint density at radius 2 is 1.89 bits per heavy atom. The fraction of sp³-hybridized carbons (Fsp3) is 0.133. The van der Waals surface area contributed by atoms with E-state index in [2.05, 4.69) is 15.9 Å². The quantitative estimate of drug-likeness (QED) is 0.765. The molecular weight excluding hydrogens is 328 g/mol. The highest BCUT2D eigenvalue weighted by Crippen LogP contribution is 2.24. The second-order valence-electron chi connectivity index (χ2n) is 4.07. The minimum Gasteiger partial charge on any atom is -0.496 e. The van der Waals surface area contributed by atoms with Gasteiger partial charge in [0.2, 0.25) is 0 Å². The Labute approximate surface area is 125 Å². The van der Waals surface area contributed by atoms with Gasteiger partial charge >= 0.3 is 0 Å². The summed E-state index contributed by atoms with van der Waals surface area (Å²) < 4.78 is 6.18. The van der Waals surface area contributed by atoms with Crippen LogP contribution in [0.25, 0.3) is 0 Å². The summed E-state index contributed by atoms with van der Waals surface area (Å²) in [6, 6.07) is 12.7. The lowest BCUT2D eigenvalue weighted by Crippen LogP contribution is -2.05. The summed E-state index contributed by atoms with van der Waals surface area (Å²) in [5.41, 5.74) is 1.51. The smallest absolute Gasteiger partial charge is 0.170 e. The number of Topliss-reactive ketones (excluding diaryl/α,β-unsaturated/α-hetero) is 1. The number of benzene rings is 2. The minimum absolute atomic E-state index is 0.0100. The lowest BCUT2D eigenvalue weighted by atomic mass is 10.0. The van der Waals surface area contributed by atoms with E-state index >= 15 is 0 Å². The van der Waals surface area contributed by atoms with Gasteiger partial charge in [-0.3, -0.25) is 4.79 Å². The van der Waals surface area contributed by atoms with E-state index in [0.717, 1.165) is 10.0 Å². The number of carbonyl (C=O) groups excluding carboxylic acids is 1. The van der Waals surface area contributed by atoms with E-state index in [0.29, 0.717) is 22.8 Å². The van der Waals surface area contributed by atoms with Gasteiger partial charge in [0, 0.05) is 15.9 Å². The van der Waals surface area contributed by atoms with Gasteiger partial charge in [0.05, 0.1) is 12.7 Å². The van der Waals surface area contributed by atoms with Crippen LogP contribution in [0.3, 0.4) is 0 Å². The molecule has 2 nitrogen and oxygen atoms in total. The molecule has 0 saturated carbocycles. The number of rotatable bonds is 4. The third-order valence-electron chi connectivity index (χ3n) is 2.74. The Hall–Kier alpha value is -1.32. The zero-order valence-corrected chi connectivity index (χ0v) is 12.7. The minimum atomic E-state index is 0.0100. The van der Waals surface area contributed by atoms with Gasteiger partial charge < -0.3 is 4.74 Å². The van der Waals surface area contributed by atoms with Crippen molar-refractivity contribution >= 4 is 33.3 Å². The number of methoxy groups -OCH3 is 1. The van der Waals surface area contributed by atoms with Crippen molar-refractivity contribution in [2.45, 2.75) is 6.42 Å². The van der Waals surface area contributed by atoms with Crippen molar-refractivity contribution < 1.29 is 9.53 Å². The van der Waals surface area contributed by atoms with Crippen LogP contribution in [-0.4, -0.2) is 12.9 Å². The summed E-state index contributed by atoms with van der Waals surface area (Å²) >= 11 is 9.25. The molecule has 0 bridgehead atoms. The van der Waals surface area contributed by atoms with Gasteiger partial charge in [-0.05, 0) is 35.9 Å². The lowest BCUT2D eigenvalue weighted by Gasteiger charge is -2.08. The first-order valence-corrected chi connectivity index (χ1v) is 6.88. The molecule has 4 heteroatoms. The fourth-order valence-corrected chi connectivity index (χ4v) is 2.20. The van der Waals surface area contributed by atoms with E-state index in [1.165, 1.54) is 7.11 Å². The van der Waals surface area contributed by atoms with Crippen LogP contribution in [0.15, 0.2) is 46.9 Å². The molecule has 0 amide bonds. The first-order valence-electron chi connectivity index (χ1n) is 5.71. The van der Waals surface area contributed by atoms with Gasteiger partial charge in [-0.1, -0.05) is 39.7 Å². The molecule has 0 radical (unpaired) electrons. The molecule has 0 spiro atoms. The first kappa shape index (κ1) is 14.1. The maximum absolute atomic E-state index is 12.3. The highest BCUT2D eigenvalue weighted by atomic mass is 79.9. The highest BCUT2D eigenvalue weighted by Gasteiger charge is 2.13. The van der Waals surface area contributed by atoms with Gasteiger partial charge in [0.1, 0.15) is 5.75 Å². The maximum Gasteiger partial charge on any atom is 0.170 e. The molecule has 98 valence electrons. The van der Waals surface area contributed by atoms with Crippen molar-refractivity contribution in [2.75, 3.05) is 7.11 Å². The molecule has 0 unspecified atom stereocenters. The average Bonchev–Trinajstić information content (AvgIpc) is 2.41. The topological polar surface area (TPSA) is 26.3 Å². The number of ketones is 1. The number of ether oxygens (including phenoxy) is 1. The molecule has 0 fully saturated rings. The van der Waals surface area contributed by atoms with Crippen molar-refractivity contribution in [1.82, 2.24) is 0 Å². The Bertz CT molecular complexity index is 594. The normalized spacial score (nSPS) is 10.3. The van der Waals surface area contributed by atoms with Crippen LogP contribution < -0.4 is 4.74 Å². The highest BCUT2D eigenvalue weighted by molar-refractivity contribution is 9.10. The van der Waals surface area contributed by atoms with Crippen LogP contribution in [0.4, 0.5) is 0 Å². The monoisotopic (exact) mass is 338 g/mol. The zero-order chi connectivity index (χ0) is 13.8. The van der Waals surface area contributed by atoms with E-state index in [9.17, 15) is 4.79 Å². The van der Waals surface area contributed by atoms with Crippen LogP contribution in [0.5, 0.6) is 5.75 Å². The number of hydrogen-bond donors (Lipinski definition) is 0. The van der Waals surface area contributed by atoms with E-state index in [1.807, 2.05) is 24.3 Å². The van der Waals surface area contributed by atoms with Crippen molar-refractivity contribution in [3.63, 3.8) is 0 Å².